The first-order valence-corrected chi connectivity index (χ1v) is 6.72. The van der Waals surface area contributed by atoms with Crippen LogP contribution in [0.25, 0.3) is 0 Å². The maximum atomic E-state index is 5.48. The summed E-state index contributed by atoms with van der Waals surface area (Å²) in [6.45, 7) is 1.94. The molecule has 1 aliphatic rings. The van der Waals surface area contributed by atoms with Gasteiger partial charge in [0.05, 0.1) is 12.8 Å². The normalized spacial score (nSPS) is 15.8. The molecule has 0 radical (unpaired) electrons. The van der Waals surface area contributed by atoms with Crippen molar-refractivity contribution in [2.75, 3.05) is 0 Å². The van der Waals surface area contributed by atoms with E-state index in [1.165, 1.54) is 24.8 Å². The Morgan fingerprint density at radius 2 is 1.83 bits per heavy atom. The summed E-state index contributed by atoms with van der Waals surface area (Å²) in [5.41, 5.74) is 1.39. The van der Waals surface area contributed by atoms with Crippen LogP contribution in [0.2, 0.25) is 0 Å². The summed E-state index contributed by atoms with van der Waals surface area (Å²) in [7, 11) is 0. The van der Waals surface area contributed by atoms with Gasteiger partial charge in [-0.2, -0.15) is 0 Å². The lowest BCUT2D eigenvalue weighted by Crippen LogP contribution is -2.39. The van der Waals surface area contributed by atoms with Gasteiger partial charge in [-0.05, 0) is 30.5 Å². The second-order valence-electron chi connectivity index (χ2n) is 5.05. The molecule has 18 heavy (non-hydrogen) atoms. The van der Waals surface area contributed by atoms with Crippen LogP contribution in [0, 0.1) is 0 Å². The third-order valence-corrected chi connectivity index (χ3v) is 3.76. The van der Waals surface area contributed by atoms with Gasteiger partial charge in [0.1, 0.15) is 5.76 Å². The zero-order valence-electron chi connectivity index (χ0n) is 10.6. The highest BCUT2D eigenvalue weighted by Crippen LogP contribution is 2.27. The lowest BCUT2D eigenvalue weighted by molar-refractivity contribution is 0.103. The molecule has 0 atom stereocenters. The molecule has 1 saturated carbocycles. The Labute approximate surface area is 108 Å². The molecule has 94 valence electrons. The van der Waals surface area contributed by atoms with Crippen molar-refractivity contribution in [1.82, 2.24) is 4.90 Å². The Morgan fingerprint density at radius 3 is 2.44 bits per heavy atom. The second-order valence-corrected chi connectivity index (χ2v) is 5.05. The van der Waals surface area contributed by atoms with Gasteiger partial charge in [-0.3, -0.25) is 4.90 Å². The van der Waals surface area contributed by atoms with Crippen molar-refractivity contribution in [3.05, 3.63) is 60.1 Å². The highest BCUT2D eigenvalue weighted by atomic mass is 16.3. The average molecular weight is 241 g/mol. The Hall–Kier alpha value is -1.54. The van der Waals surface area contributed by atoms with E-state index in [1.807, 2.05) is 6.07 Å². The predicted molar refractivity (Wildman–Crippen MR) is 72.0 cm³/mol. The van der Waals surface area contributed by atoms with Crippen LogP contribution in [0.15, 0.2) is 53.1 Å². The Morgan fingerprint density at radius 1 is 1.00 bits per heavy atom. The van der Waals surface area contributed by atoms with Crippen molar-refractivity contribution < 1.29 is 4.42 Å². The number of hydrogen-bond donors (Lipinski definition) is 0. The molecule has 0 saturated heterocycles. The van der Waals surface area contributed by atoms with E-state index in [0.29, 0.717) is 0 Å². The van der Waals surface area contributed by atoms with Gasteiger partial charge in [-0.15, -0.1) is 0 Å². The van der Waals surface area contributed by atoms with E-state index < -0.39 is 0 Å². The third kappa shape index (κ3) is 2.65. The summed E-state index contributed by atoms with van der Waals surface area (Å²) in [4.78, 5) is 2.54. The lowest BCUT2D eigenvalue weighted by Gasteiger charge is -2.37. The average Bonchev–Trinajstić information content (AvgIpc) is 2.81. The molecule has 1 heterocycles. The van der Waals surface area contributed by atoms with Gasteiger partial charge in [-0.1, -0.05) is 36.8 Å². The van der Waals surface area contributed by atoms with Gasteiger partial charge >= 0.3 is 0 Å². The van der Waals surface area contributed by atoms with Crippen molar-refractivity contribution in [2.24, 2.45) is 0 Å². The summed E-state index contributed by atoms with van der Waals surface area (Å²) in [5, 5.41) is 0. The van der Waals surface area contributed by atoms with Gasteiger partial charge in [-0.25, -0.2) is 0 Å². The second kappa shape index (κ2) is 5.40. The van der Waals surface area contributed by atoms with Gasteiger partial charge < -0.3 is 4.42 Å². The van der Waals surface area contributed by atoms with Crippen molar-refractivity contribution in [3.63, 3.8) is 0 Å². The number of hydrogen-bond acceptors (Lipinski definition) is 2. The minimum atomic E-state index is 0.732. The van der Waals surface area contributed by atoms with E-state index in [9.17, 15) is 0 Å². The largest absolute Gasteiger partial charge is 0.468 e. The van der Waals surface area contributed by atoms with Crippen molar-refractivity contribution >= 4 is 0 Å². The first-order valence-electron chi connectivity index (χ1n) is 6.72. The van der Waals surface area contributed by atoms with E-state index >= 15 is 0 Å². The van der Waals surface area contributed by atoms with Crippen LogP contribution in [0.5, 0.6) is 0 Å². The molecular formula is C16H19NO. The van der Waals surface area contributed by atoms with Gasteiger partial charge in [0.15, 0.2) is 0 Å². The van der Waals surface area contributed by atoms with E-state index in [1.54, 1.807) is 6.26 Å². The monoisotopic (exact) mass is 241 g/mol. The van der Waals surface area contributed by atoms with Gasteiger partial charge in [0.2, 0.25) is 0 Å². The quantitative estimate of drug-likeness (QED) is 0.791. The molecule has 1 aromatic carbocycles. The molecule has 1 fully saturated rings. The summed E-state index contributed by atoms with van der Waals surface area (Å²) in [5.74, 6) is 1.07. The van der Waals surface area contributed by atoms with Crippen LogP contribution in [0.1, 0.15) is 30.6 Å². The van der Waals surface area contributed by atoms with Crippen LogP contribution < -0.4 is 0 Å². The van der Waals surface area contributed by atoms with E-state index in [2.05, 4.69) is 41.3 Å². The zero-order valence-corrected chi connectivity index (χ0v) is 10.6. The highest BCUT2D eigenvalue weighted by molar-refractivity contribution is 5.15. The molecule has 0 N–H and O–H groups in total. The molecule has 1 aromatic heterocycles. The number of furan rings is 1. The first kappa shape index (κ1) is 11.5. The summed E-state index contributed by atoms with van der Waals surface area (Å²) >= 11 is 0. The molecule has 1 aliphatic carbocycles. The molecule has 2 nitrogen and oxygen atoms in total. The number of nitrogens with zero attached hydrogens (tertiary/aromatic N) is 1. The fourth-order valence-electron chi connectivity index (χ4n) is 2.49. The van der Waals surface area contributed by atoms with Crippen molar-refractivity contribution in [2.45, 2.75) is 38.4 Å². The molecule has 2 heteroatoms. The molecule has 3 rings (SSSR count). The molecule has 0 amide bonds. The molecule has 0 spiro atoms. The molecular weight excluding hydrogens is 222 g/mol. The van der Waals surface area contributed by atoms with Crippen molar-refractivity contribution in [1.29, 1.82) is 0 Å². The fourth-order valence-corrected chi connectivity index (χ4v) is 2.49. The van der Waals surface area contributed by atoms with Gasteiger partial charge in [0.25, 0.3) is 0 Å². The SMILES string of the molecule is c1ccc(CN(Cc2ccco2)C2CCC2)cc1. The molecule has 2 aromatic rings. The molecule has 0 unspecified atom stereocenters. The van der Waals surface area contributed by atoms with Crippen LogP contribution in [-0.4, -0.2) is 10.9 Å². The summed E-state index contributed by atoms with van der Waals surface area (Å²) < 4.78 is 5.48. The van der Waals surface area contributed by atoms with E-state index in [4.69, 9.17) is 4.42 Å². The zero-order chi connectivity index (χ0) is 12.2. The maximum Gasteiger partial charge on any atom is 0.117 e. The van der Waals surface area contributed by atoms with Crippen molar-refractivity contribution in [3.8, 4) is 0 Å². The summed E-state index contributed by atoms with van der Waals surface area (Å²) in [6, 6.07) is 15.5. The lowest BCUT2D eigenvalue weighted by atomic mass is 9.91. The van der Waals surface area contributed by atoms with Crippen LogP contribution in [0.4, 0.5) is 0 Å². The fraction of sp³-hybridized carbons (Fsp3) is 0.375. The highest BCUT2D eigenvalue weighted by Gasteiger charge is 2.25. The standard InChI is InChI=1S/C16H19NO/c1-2-6-14(7-3-1)12-17(15-8-4-9-15)13-16-10-5-11-18-16/h1-3,5-7,10-11,15H,4,8-9,12-13H2. The van der Waals surface area contributed by atoms with Crippen LogP contribution in [0.3, 0.4) is 0 Å². The molecule has 0 aliphatic heterocycles. The topological polar surface area (TPSA) is 16.4 Å². The maximum absolute atomic E-state index is 5.48. The van der Waals surface area contributed by atoms with Gasteiger partial charge in [0, 0.05) is 12.6 Å². The Balaban J connectivity index is 1.69. The summed E-state index contributed by atoms with van der Waals surface area (Å²) in [6.07, 6.45) is 5.78. The third-order valence-electron chi connectivity index (χ3n) is 3.76. The smallest absolute Gasteiger partial charge is 0.117 e. The number of benzene rings is 1. The Bertz CT molecular complexity index is 459. The molecule has 0 bridgehead atoms. The minimum absolute atomic E-state index is 0.732. The minimum Gasteiger partial charge on any atom is -0.468 e. The van der Waals surface area contributed by atoms with E-state index in [-0.39, 0.29) is 0 Å². The van der Waals surface area contributed by atoms with Crippen LogP contribution >= 0.6 is 0 Å². The Kier molecular flexibility index (Phi) is 3.47. The number of rotatable bonds is 5. The first-order chi connectivity index (χ1) is 8.92. The van der Waals surface area contributed by atoms with E-state index in [0.717, 1.165) is 24.9 Å². The predicted octanol–water partition coefficient (Wildman–Crippen LogP) is 3.83. The van der Waals surface area contributed by atoms with Crippen LogP contribution in [-0.2, 0) is 13.1 Å².